The largest absolute Gasteiger partial charge is 0.484 e. The second-order valence-electron chi connectivity index (χ2n) is 6.97. The summed E-state index contributed by atoms with van der Waals surface area (Å²) in [5.41, 5.74) is 4.21. The van der Waals surface area contributed by atoms with Gasteiger partial charge in [0.15, 0.2) is 6.61 Å². The number of aromatic nitrogens is 2. The van der Waals surface area contributed by atoms with Crippen molar-refractivity contribution >= 4 is 40.6 Å². The molecule has 0 aliphatic rings. The Balaban J connectivity index is 1.66. The summed E-state index contributed by atoms with van der Waals surface area (Å²) in [5, 5.41) is 3.81. The maximum absolute atomic E-state index is 12.7. The fourth-order valence-electron chi connectivity index (χ4n) is 3.12. The number of carbonyl (C=O) groups excluding carboxylic acids is 1. The number of nitrogens with one attached hydrogen (secondary N) is 1. The van der Waals surface area contributed by atoms with Crippen LogP contribution in [0.25, 0.3) is 16.9 Å². The number of carbonyl (C=O) groups is 1. The molecule has 0 atom stereocenters. The van der Waals surface area contributed by atoms with E-state index in [0.29, 0.717) is 27.3 Å². The number of pyridine rings is 1. The average Bonchev–Trinajstić information content (AvgIpc) is 3.09. The smallest absolute Gasteiger partial charge is 0.263 e. The van der Waals surface area contributed by atoms with E-state index in [4.69, 9.17) is 32.9 Å². The summed E-state index contributed by atoms with van der Waals surface area (Å²) in [7, 11) is 0. The Morgan fingerprint density at radius 2 is 1.83 bits per heavy atom. The van der Waals surface area contributed by atoms with Crippen LogP contribution < -0.4 is 10.1 Å². The number of hydrogen-bond donors (Lipinski definition) is 1. The second kappa shape index (κ2) is 8.38. The van der Waals surface area contributed by atoms with Gasteiger partial charge in [-0.1, -0.05) is 53.0 Å². The van der Waals surface area contributed by atoms with Gasteiger partial charge in [0.25, 0.3) is 5.91 Å². The van der Waals surface area contributed by atoms with Crippen molar-refractivity contribution in [2.24, 2.45) is 0 Å². The van der Waals surface area contributed by atoms with Crippen LogP contribution in [-0.4, -0.2) is 21.9 Å². The van der Waals surface area contributed by atoms with E-state index in [1.807, 2.05) is 66.9 Å². The molecule has 0 bridgehead atoms. The normalized spacial score (nSPS) is 10.9. The maximum atomic E-state index is 12.7. The highest BCUT2D eigenvalue weighted by Gasteiger charge is 2.18. The maximum Gasteiger partial charge on any atom is 0.263 e. The minimum atomic E-state index is -0.291. The molecule has 2 aromatic carbocycles. The van der Waals surface area contributed by atoms with Gasteiger partial charge in [-0.25, -0.2) is 4.98 Å². The molecule has 4 rings (SSSR count). The summed E-state index contributed by atoms with van der Waals surface area (Å²) in [6.07, 6.45) is 1.85. The van der Waals surface area contributed by atoms with Gasteiger partial charge in [0.05, 0.1) is 10.0 Å². The SMILES string of the molecule is Cc1ccc(OCC(=O)Nc2c(-c3ccc(Cl)c(Cl)c3)nc3c(C)cccn23)cc1. The Morgan fingerprint density at radius 3 is 2.57 bits per heavy atom. The van der Waals surface area contributed by atoms with E-state index in [1.165, 1.54) is 0 Å². The summed E-state index contributed by atoms with van der Waals surface area (Å²) in [5.74, 6) is 0.888. The molecule has 5 nitrogen and oxygen atoms in total. The summed E-state index contributed by atoms with van der Waals surface area (Å²) in [6, 6.07) is 16.7. The predicted octanol–water partition coefficient (Wildman–Crippen LogP) is 5.94. The first-order valence-corrected chi connectivity index (χ1v) is 10.1. The number of nitrogens with zero attached hydrogens (tertiary/aromatic N) is 2. The molecular weight excluding hydrogens is 421 g/mol. The number of amides is 1. The molecule has 0 aliphatic heterocycles. The molecule has 2 aromatic heterocycles. The van der Waals surface area contributed by atoms with Crippen LogP contribution in [0.2, 0.25) is 10.0 Å². The highest BCUT2D eigenvalue weighted by atomic mass is 35.5. The number of anilines is 1. The van der Waals surface area contributed by atoms with Crippen LogP contribution in [0.4, 0.5) is 5.82 Å². The lowest BCUT2D eigenvalue weighted by Gasteiger charge is -2.10. The number of hydrogen-bond acceptors (Lipinski definition) is 3. The molecule has 0 fully saturated rings. The lowest BCUT2D eigenvalue weighted by atomic mass is 10.1. The number of benzene rings is 2. The van der Waals surface area contributed by atoms with E-state index in [0.717, 1.165) is 22.3 Å². The lowest BCUT2D eigenvalue weighted by molar-refractivity contribution is -0.118. The van der Waals surface area contributed by atoms with Crippen LogP contribution >= 0.6 is 23.2 Å². The van der Waals surface area contributed by atoms with Crippen molar-refractivity contribution in [3.63, 3.8) is 0 Å². The topological polar surface area (TPSA) is 55.6 Å². The number of fused-ring (bicyclic) bond motifs is 1. The van der Waals surface area contributed by atoms with Gasteiger partial charge in [-0.2, -0.15) is 0 Å². The van der Waals surface area contributed by atoms with Crippen molar-refractivity contribution in [3.8, 4) is 17.0 Å². The molecule has 0 saturated carbocycles. The van der Waals surface area contributed by atoms with Crippen LogP contribution in [0.1, 0.15) is 11.1 Å². The summed E-state index contributed by atoms with van der Waals surface area (Å²) in [4.78, 5) is 17.4. The highest BCUT2D eigenvalue weighted by Crippen LogP contribution is 2.33. The summed E-state index contributed by atoms with van der Waals surface area (Å²) < 4.78 is 7.45. The fourth-order valence-corrected chi connectivity index (χ4v) is 3.42. The van der Waals surface area contributed by atoms with E-state index >= 15 is 0 Å². The lowest BCUT2D eigenvalue weighted by Crippen LogP contribution is -2.21. The van der Waals surface area contributed by atoms with Gasteiger partial charge in [0, 0.05) is 11.8 Å². The Labute approximate surface area is 184 Å². The van der Waals surface area contributed by atoms with Crippen molar-refractivity contribution in [1.29, 1.82) is 0 Å². The number of aryl methyl sites for hydroxylation is 2. The quantitative estimate of drug-likeness (QED) is 0.418. The van der Waals surface area contributed by atoms with Gasteiger partial charge in [-0.15, -0.1) is 0 Å². The van der Waals surface area contributed by atoms with E-state index in [2.05, 4.69) is 5.32 Å². The third kappa shape index (κ3) is 4.13. The first kappa shape index (κ1) is 20.3. The Bertz CT molecular complexity index is 1230. The molecular formula is C23H19Cl2N3O2. The molecule has 2 heterocycles. The van der Waals surface area contributed by atoms with E-state index in [-0.39, 0.29) is 12.5 Å². The van der Waals surface area contributed by atoms with Crippen molar-refractivity contribution in [1.82, 2.24) is 9.38 Å². The van der Waals surface area contributed by atoms with Crippen molar-refractivity contribution in [2.45, 2.75) is 13.8 Å². The molecule has 1 N–H and O–H groups in total. The van der Waals surface area contributed by atoms with Crippen LogP contribution in [0, 0.1) is 13.8 Å². The van der Waals surface area contributed by atoms with Crippen molar-refractivity contribution < 1.29 is 9.53 Å². The van der Waals surface area contributed by atoms with E-state index in [9.17, 15) is 4.79 Å². The third-order valence-electron chi connectivity index (χ3n) is 4.69. The van der Waals surface area contributed by atoms with Gasteiger partial charge >= 0.3 is 0 Å². The average molecular weight is 440 g/mol. The highest BCUT2D eigenvalue weighted by molar-refractivity contribution is 6.42. The molecule has 7 heteroatoms. The fraction of sp³-hybridized carbons (Fsp3) is 0.130. The van der Waals surface area contributed by atoms with Gasteiger partial charge in [-0.05, 0) is 49.7 Å². The predicted molar refractivity (Wildman–Crippen MR) is 121 cm³/mol. The molecule has 4 aromatic rings. The molecule has 0 radical (unpaired) electrons. The zero-order valence-corrected chi connectivity index (χ0v) is 18.0. The first-order chi connectivity index (χ1) is 14.4. The van der Waals surface area contributed by atoms with Gasteiger partial charge in [0.1, 0.15) is 22.9 Å². The molecule has 0 saturated heterocycles. The number of imidazole rings is 1. The number of rotatable bonds is 5. The van der Waals surface area contributed by atoms with Crippen LogP contribution in [0.15, 0.2) is 60.8 Å². The Kier molecular flexibility index (Phi) is 5.66. The molecule has 0 spiro atoms. The monoisotopic (exact) mass is 439 g/mol. The molecule has 0 unspecified atom stereocenters. The van der Waals surface area contributed by atoms with Gasteiger partial charge in [0.2, 0.25) is 0 Å². The molecule has 152 valence electrons. The van der Waals surface area contributed by atoms with Crippen LogP contribution in [0.3, 0.4) is 0 Å². The zero-order valence-electron chi connectivity index (χ0n) is 16.4. The Morgan fingerprint density at radius 1 is 1.07 bits per heavy atom. The Hall–Kier alpha value is -3.02. The third-order valence-corrected chi connectivity index (χ3v) is 5.43. The van der Waals surface area contributed by atoms with Crippen LogP contribution in [-0.2, 0) is 4.79 Å². The summed E-state index contributed by atoms with van der Waals surface area (Å²) in [6.45, 7) is 3.84. The molecule has 30 heavy (non-hydrogen) atoms. The second-order valence-corrected chi connectivity index (χ2v) is 7.79. The molecule has 0 aliphatic carbocycles. The number of halogens is 2. The van der Waals surface area contributed by atoms with Gasteiger partial charge in [-0.3, -0.25) is 9.20 Å². The van der Waals surface area contributed by atoms with Crippen molar-refractivity contribution in [3.05, 3.63) is 82.0 Å². The van der Waals surface area contributed by atoms with E-state index < -0.39 is 0 Å². The summed E-state index contributed by atoms with van der Waals surface area (Å²) >= 11 is 12.3. The minimum Gasteiger partial charge on any atom is -0.484 e. The zero-order chi connectivity index (χ0) is 21.3. The van der Waals surface area contributed by atoms with Crippen molar-refractivity contribution in [2.75, 3.05) is 11.9 Å². The van der Waals surface area contributed by atoms with E-state index in [1.54, 1.807) is 12.1 Å². The molecule has 1 amide bonds. The standard InChI is InChI=1S/C23H19Cl2N3O2/c1-14-5-8-17(9-6-14)30-13-20(29)26-23-21(16-7-10-18(24)19(25)12-16)27-22-15(2)4-3-11-28(22)23/h3-12H,13H2,1-2H3,(H,26,29). The van der Waals surface area contributed by atoms with Crippen LogP contribution in [0.5, 0.6) is 5.75 Å². The first-order valence-electron chi connectivity index (χ1n) is 9.35. The minimum absolute atomic E-state index is 0.122. The number of ether oxygens (including phenoxy) is 1. The van der Waals surface area contributed by atoms with Gasteiger partial charge < -0.3 is 10.1 Å².